The summed E-state index contributed by atoms with van der Waals surface area (Å²) in [6, 6.07) is 16.5. The van der Waals surface area contributed by atoms with Gasteiger partial charge in [-0.15, -0.1) is 0 Å². The zero-order valence-corrected chi connectivity index (χ0v) is 16.6. The monoisotopic (exact) mass is 411 g/mol. The van der Waals surface area contributed by atoms with Crippen molar-refractivity contribution < 1.29 is 4.79 Å². The lowest BCUT2D eigenvalue weighted by Crippen LogP contribution is -2.26. The molecular formula is C21H18ClN3O2S. The fourth-order valence-electron chi connectivity index (χ4n) is 3.35. The molecule has 4 rings (SSSR count). The summed E-state index contributed by atoms with van der Waals surface area (Å²) in [7, 11) is 0. The Morgan fingerprint density at radius 2 is 1.86 bits per heavy atom. The SMILES string of the molecule is O=C(CSc1nc(=O)n(-c2ccccc2)c2c1CCC2)Nc1ccc(Cl)cc1. The Labute approximate surface area is 171 Å². The molecule has 0 fully saturated rings. The third kappa shape index (κ3) is 3.98. The van der Waals surface area contributed by atoms with Gasteiger partial charge in [0.2, 0.25) is 5.91 Å². The summed E-state index contributed by atoms with van der Waals surface area (Å²) >= 11 is 7.17. The van der Waals surface area contributed by atoms with E-state index >= 15 is 0 Å². The van der Waals surface area contributed by atoms with Gasteiger partial charge in [-0.3, -0.25) is 9.36 Å². The van der Waals surface area contributed by atoms with Gasteiger partial charge in [-0.05, 0) is 55.7 Å². The van der Waals surface area contributed by atoms with Crippen molar-refractivity contribution in [1.82, 2.24) is 9.55 Å². The highest BCUT2D eigenvalue weighted by atomic mass is 35.5. The molecule has 0 saturated carbocycles. The molecule has 5 nitrogen and oxygen atoms in total. The molecule has 1 amide bonds. The Hall–Kier alpha value is -2.57. The van der Waals surface area contributed by atoms with Crippen LogP contribution in [0.1, 0.15) is 17.7 Å². The van der Waals surface area contributed by atoms with E-state index < -0.39 is 0 Å². The van der Waals surface area contributed by atoms with Gasteiger partial charge in [-0.1, -0.05) is 41.6 Å². The Balaban J connectivity index is 1.54. The van der Waals surface area contributed by atoms with E-state index in [0.29, 0.717) is 15.7 Å². The van der Waals surface area contributed by atoms with E-state index in [2.05, 4.69) is 10.3 Å². The minimum absolute atomic E-state index is 0.145. The number of nitrogens with one attached hydrogen (secondary N) is 1. The average Bonchev–Trinajstić information content (AvgIpc) is 3.18. The zero-order valence-electron chi connectivity index (χ0n) is 15.0. The molecule has 0 saturated heterocycles. The number of nitrogens with zero attached hydrogens (tertiary/aromatic N) is 2. The number of carbonyl (C=O) groups excluding carboxylic acids is 1. The van der Waals surface area contributed by atoms with Crippen molar-refractivity contribution >= 4 is 35.0 Å². The molecule has 0 unspecified atom stereocenters. The molecule has 1 aliphatic carbocycles. The number of fused-ring (bicyclic) bond motifs is 1. The van der Waals surface area contributed by atoms with Crippen LogP contribution in [0.3, 0.4) is 0 Å². The number of aromatic nitrogens is 2. The number of amides is 1. The number of halogens is 1. The van der Waals surface area contributed by atoms with Crippen LogP contribution < -0.4 is 11.0 Å². The first kappa shape index (κ1) is 18.8. The van der Waals surface area contributed by atoms with Crippen LogP contribution in [0.4, 0.5) is 5.69 Å². The largest absolute Gasteiger partial charge is 0.353 e. The van der Waals surface area contributed by atoms with E-state index in [9.17, 15) is 9.59 Å². The van der Waals surface area contributed by atoms with Crippen LogP contribution in [0, 0.1) is 0 Å². The molecule has 1 heterocycles. The van der Waals surface area contributed by atoms with Crippen LogP contribution in [0.5, 0.6) is 0 Å². The number of hydrogen-bond donors (Lipinski definition) is 1. The van der Waals surface area contributed by atoms with E-state index in [0.717, 1.165) is 36.2 Å². The second kappa shape index (κ2) is 8.20. The van der Waals surface area contributed by atoms with Gasteiger partial charge < -0.3 is 5.32 Å². The summed E-state index contributed by atoms with van der Waals surface area (Å²) in [5, 5.41) is 4.11. The van der Waals surface area contributed by atoms with Gasteiger partial charge in [0.1, 0.15) is 5.03 Å². The molecule has 7 heteroatoms. The first-order valence-electron chi connectivity index (χ1n) is 9.00. The second-order valence-corrected chi connectivity index (χ2v) is 7.89. The highest BCUT2D eigenvalue weighted by molar-refractivity contribution is 8.00. The summed E-state index contributed by atoms with van der Waals surface area (Å²) in [6.45, 7) is 0. The number of carbonyl (C=O) groups is 1. The molecule has 142 valence electrons. The van der Waals surface area contributed by atoms with Gasteiger partial charge >= 0.3 is 5.69 Å². The number of para-hydroxylation sites is 1. The maximum absolute atomic E-state index is 12.7. The van der Waals surface area contributed by atoms with Crippen molar-refractivity contribution in [2.75, 3.05) is 11.1 Å². The minimum Gasteiger partial charge on any atom is -0.325 e. The number of rotatable bonds is 5. The van der Waals surface area contributed by atoms with Crippen LogP contribution in [-0.2, 0) is 17.6 Å². The first-order chi connectivity index (χ1) is 13.6. The molecular weight excluding hydrogens is 394 g/mol. The summed E-state index contributed by atoms with van der Waals surface area (Å²) in [5.41, 5.74) is 3.30. The average molecular weight is 412 g/mol. The third-order valence-corrected chi connectivity index (χ3v) is 5.86. The Kier molecular flexibility index (Phi) is 5.50. The predicted molar refractivity (Wildman–Crippen MR) is 113 cm³/mol. The standard InChI is InChI=1S/C21H18ClN3O2S/c22-14-9-11-15(12-10-14)23-19(26)13-28-20-17-7-4-8-18(17)25(21(27)24-20)16-5-2-1-3-6-16/h1-3,5-6,9-12H,4,7-8,13H2,(H,23,26). The normalized spacial score (nSPS) is 12.6. The van der Waals surface area contributed by atoms with Gasteiger partial charge in [-0.2, -0.15) is 4.98 Å². The van der Waals surface area contributed by atoms with E-state index in [1.54, 1.807) is 28.8 Å². The summed E-state index contributed by atoms with van der Waals surface area (Å²) < 4.78 is 1.69. The smallest absolute Gasteiger partial charge is 0.325 e. The fraction of sp³-hybridized carbons (Fsp3) is 0.190. The van der Waals surface area contributed by atoms with E-state index in [1.165, 1.54) is 11.8 Å². The topological polar surface area (TPSA) is 64.0 Å². The van der Waals surface area contributed by atoms with Gasteiger partial charge in [-0.25, -0.2) is 4.79 Å². The molecule has 0 spiro atoms. The molecule has 3 aromatic rings. The highest BCUT2D eigenvalue weighted by Crippen LogP contribution is 2.30. The van der Waals surface area contributed by atoms with Crippen LogP contribution in [0.25, 0.3) is 5.69 Å². The molecule has 0 aliphatic heterocycles. The van der Waals surface area contributed by atoms with Crippen LogP contribution in [0.2, 0.25) is 5.02 Å². The van der Waals surface area contributed by atoms with Crippen molar-refractivity contribution in [3.05, 3.63) is 81.4 Å². The number of anilines is 1. The molecule has 0 bridgehead atoms. The Morgan fingerprint density at radius 3 is 2.61 bits per heavy atom. The molecule has 28 heavy (non-hydrogen) atoms. The summed E-state index contributed by atoms with van der Waals surface area (Å²) in [6.07, 6.45) is 2.70. The van der Waals surface area contributed by atoms with Crippen LogP contribution >= 0.6 is 23.4 Å². The Bertz CT molecular complexity index is 1070. The van der Waals surface area contributed by atoms with Crippen molar-refractivity contribution in [2.45, 2.75) is 24.3 Å². The summed E-state index contributed by atoms with van der Waals surface area (Å²) in [5.74, 6) is 0.0461. The quantitative estimate of drug-likeness (QED) is 0.507. The predicted octanol–water partition coefficient (Wildman–Crippen LogP) is 4.11. The molecule has 1 aromatic heterocycles. The van der Waals surface area contributed by atoms with Gasteiger partial charge in [0.05, 0.1) is 11.4 Å². The second-order valence-electron chi connectivity index (χ2n) is 6.49. The van der Waals surface area contributed by atoms with E-state index in [1.807, 2.05) is 30.3 Å². The third-order valence-electron chi connectivity index (χ3n) is 4.59. The van der Waals surface area contributed by atoms with E-state index in [-0.39, 0.29) is 17.3 Å². The maximum Gasteiger partial charge on any atom is 0.353 e. The van der Waals surface area contributed by atoms with Crippen molar-refractivity contribution in [3.8, 4) is 5.69 Å². The van der Waals surface area contributed by atoms with Crippen molar-refractivity contribution in [3.63, 3.8) is 0 Å². The Morgan fingerprint density at radius 1 is 1.11 bits per heavy atom. The van der Waals surface area contributed by atoms with E-state index in [4.69, 9.17) is 11.6 Å². The first-order valence-corrected chi connectivity index (χ1v) is 10.4. The van der Waals surface area contributed by atoms with Crippen LogP contribution in [-0.4, -0.2) is 21.2 Å². The molecule has 0 atom stereocenters. The molecule has 1 N–H and O–H groups in total. The van der Waals surface area contributed by atoms with Crippen LogP contribution in [0.15, 0.2) is 64.4 Å². The molecule has 1 aliphatic rings. The zero-order chi connectivity index (χ0) is 19.5. The highest BCUT2D eigenvalue weighted by Gasteiger charge is 2.23. The van der Waals surface area contributed by atoms with Crippen molar-refractivity contribution in [1.29, 1.82) is 0 Å². The number of hydrogen-bond acceptors (Lipinski definition) is 4. The number of thioether (sulfide) groups is 1. The lowest BCUT2D eigenvalue weighted by Gasteiger charge is -2.14. The number of benzene rings is 2. The van der Waals surface area contributed by atoms with Gasteiger partial charge in [0, 0.05) is 22.0 Å². The lowest BCUT2D eigenvalue weighted by molar-refractivity contribution is -0.113. The summed E-state index contributed by atoms with van der Waals surface area (Å²) in [4.78, 5) is 29.2. The van der Waals surface area contributed by atoms with Gasteiger partial charge in [0.15, 0.2) is 0 Å². The fourth-order valence-corrected chi connectivity index (χ4v) is 4.35. The molecule has 2 aromatic carbocycles. The maximum atomic E-state index is 12.7. The van der Waals surface area contributed by atoms with Gasteiger partial charge in [0.25, 0.3) is 0 Å². The molecule has 0 radical (unpaired) electrons. The van der Waals surface area contributed by atoms with Crippen molar-refractivity contribution in [2.24, 2.45) is 0 Å². The lowest BCUT2D eigenvalue weighted by atomic mass is 10.2. The minimum atomic E-state index is -0.299.